The van der Waals surface area contributed by atoms with Crippen LogP contribution in [0, 0.1) is 6.92 Å². The molecule has 0 fully saturated rings. The van der Waals surface area contributed by atoms with Gasteiger partial charge in [0.15, 0.2) is 0 Å². The van der Waals surface area contributed by atoms with Crippen LogP contribution in [0.15, 0.2) is 45.7 Å². The highest BCUT2D eigenvalue weighted by Gasteiger charge is 2.37. The van der Waals surface area contributed by atoms with Gasteiger partial charge in [-0.15, -0.1) is 11.3 Å². The minimum absolute atomic E-state index is 0.0112. The number of hydrogen-bond donors (Lipinski definition) is 0. The number of ether oxygens (including phenoxy) is 1. The highest BCUT2D eigenvalue weighted by molar-refractivity contribution is 7.89. The summed E-state index contributed by atoms with van der Waals surface area (Å²) in [4.78, 5) is 18.6. The molecule has 2 aliphatic rings. The van der Waals surface area contributed by atoms with Crippen LogP contribution >= 0.6 is 11.3 Å². The largest absolute Gasteiger partial charge is 0.435 e. The van der Waals surface area contributed by atoms with Crippen LogP contribution in [-0.2, 0) is 21.2 Å². The lowest BCUT2D eigenvalue weighted by Gasteiger charge is -2.22. The molecule has 0 saturated heterocycles. The number of aromatic nitrogens is 1. The molecule has 1 aromatic carbocycles. The molecule has 0 unspecified atom stereocenters. The van der Waals surface area contributed by atoms with Gasteiger partial charge in [-0.2, -0.15) is 13.1 Å². The van der Waals surface area contributed by atoms with Gasteiger partial charge in [-0.05, 0) is 42.3 Å². The van der Waals surface area contributed by atoms with Gasteiger partial charge in [0.2, 0.25) is 15.9 Å². The molecule has 30 heavy (non-hydrogen) atoms. The van der Waals surface area contributed by atoms with E-state index in [2.05, 4.69) is 9.72 Å². The quantitative estimate of drug-likeness (QED) is 0.625. The molecule has 11 heteroatoms. The van der Waals surface area contributed by atoms with Gasteiger partial charge in [-0.3, -0.25) is 4.79 Å². The van der Waals surface area contributed by atoms with Crippen LogP contribution in [0.3, 0.4) is 0 Å². The Bertz CT molecular complexity index is 1080. The SMILES string of the molecule is Cc1nc(CC(=O)N2CC3=C(C2)CN(S(=O)(=O)c2ccc(OC(F)F)cc2)C3)cs1. The Morgan fingerprint density at radius 2 is 1.80 bits per heavy atom. The summed E-state index contributed by atoms with van der Waals surface area (Å²) in [5.74, 6) is -0.130. The van der Waals surface area contributed by atoms with Crippen LogP contribution in [0.5, 0.6) is 5.75 Å². The van der Waals surface area contributed by atoms with Crippen LogP contribution in [0.4, 0.5) is 8.78 Å². The second-order valence-corrected chi connectivity index (χ2v) is 10.1. The van der Waals surface area contributed by atoms with E-state index in [0.717, 1.165) is 21.8 Å². The molecule has 0 atom stereocenters. The highest BCUT2D eigenvalue weighted by Crippen LogP contribution is 2.31. The fourth-order valence-corrected chi connectivity index (χ4v) is 5.63. The molecule has 0 bridgehead atoms. The van der Waals surface area contributed by atoms with Crippen LogP contribution in [0.25, 0.3) is 0 Å². The second-order valence-electron chi connectivity index (χ2n) is 7.11. The summed E-state index contributed by atoms with van der Waals surface area (Å²) in [5.41, 5.74) is 2.61. The lowest BCUT2D eigenvalue weighted by atomic mass is 10.2. The van der Waals surface area contributed by atoms with Gasteiger partial charge in [-0.1, -0.05) is 0 Å². The highest BCUT2D eigenvalue weighted by atomic mass is 32.2. The van der Waals surface area contributed by atoms with E-state index in [9.17, 15) is 22.0 Å². The van der Waals surface area contributed by atoms with Crippen molar-refractivity contribution in [3.8, 4) is 5.75 Å². The number of carbonyl (C=O) groups is 1. The molecule has 2 aliphatic heterocycles. The van der Waals surface area contributed by atoms with Gasteiger partial charge in [0.05, 0.1) is 22.0 Å². The monoisotopic (exact) mass is 455 g/mol. The van der Waals surface area contributed by atoms with Crippen LogP contribution in [0.1, 0.15) is 10.7 Å². The number of aryl methyl sites for hydroxylation is 1. The molecule has 0 N–H and O–H groups in total. The minimum Gasteiger partial charge on any atom is -0.435 e. The summed E-state index contributed by atoms with van der Waals surface area (Å²) in [5, 5.41) is 2.78. The lowest BCUT2D eigenvalue weighted by molar-refractivity contribution is -0.129. The van der Waals surface area contributed by atoms with Crippen molar-refractivity contribution in [3.05, 3.63) is 51.5 Å². The van der Waals surface area contributed by atoms with Gasteiger partial charge in [-0.25, -0.2) is 13.4 Å². The Hall–Kier alpha value is -2.37. The third-order valence-corrected chi connectivity index (χ3v) is 7.66. The Balaban J connectivity index is 1.37. The zero-order valence-electron chi connectivity index (χ0n) is 16.0. The fourth-order valence-electron chi connectivity index (χ4n) is 3.59. The number of alkyl halides is 2. The topological polar surface area (TPSA) is 79.8 Å². The van der Waals surface area contributed by atoms with E-state index in [1.165, 1.54) is 39.9 Å². The van der Waals surface area contributed by atoms with E-state index in [0.29, 0.717) is 13.1 Å². The predicted octanol–water partition coefficient (Wildman–Crippen LogP) is 2.44. The molecule has 3 heterocycles. The van der Waals surface area contributed by atoms with Gasteiger partial charge < -0.3 is 9.64 Å². The Morgan fingerprint density at radius 3 is 2.33 bits per heavy atom. The lowest BCUT2D eigenvalue weighted by Crippen LogP contribution is -2.37. The summed E-state index contributed by atoms with van der Waals surface area (Å²) < 4.78 is 55.9. The number of rotatable bonds is 6. The number of nitrogens with zero attached hydrogens (tertiary/aromatic N) is 3. The summed E-state index contributed by atoms with van der Waals surface area (Å²) in [6.45, 7) is 0.163. The van der Waals surface area contributed by atoms with Crippen LogP contribution in [0.2, 0.25) is 0 Å². The van der Waals surface area contributed by atoms with Crippen molar-refractivity contribution in [2.75, 3.05) is 26.2 Å². The van der Waals surface area contributed by atoms with Crippen molar-refractivity contribution in [1.29, 1.82) is 0 Å². The van der Waals surface area contributed by atoms with E-state index in [1.807, 2.05) is 12.3 Å². The molecule has 7 nitrogen and oxygen atoms in total. The van der Waals surface area contributed by atoms with Crippen LogP contribution < -0.4 is 4.74 Å². The molecule has 160 valence electrons. The Kier molecular flexibility index (Phi) is 5.60. The number of amides is 1. The van der Waals surface area contributed by atoms with Crippen molar-refractivity contribution in [2.24, 2.45) is 0 Å². The first-order chi connectivity index (χ1) is 14.2. The number of thiazole rings is 1. The van der Waals surface area contributed by atoms with E-state index < -0.39 is 16.6 Å². The summed E-state index contributed by atoms with van der Waals surface area (Å²) in [7, 11) is -3.77. The molecular formula is C19H19F2N3O4S2. The molecule has 0 radical (unpaired) electrons. The summed E-state index contributed by atoms with van der Waals surface area (Å²) in [6, 6.07) is 4.91. The first-order valence-corrected chi connectivity index (χ1v) is 11.5. The third-order valence-electron chi connectivity index (χ3n) is 5.04. The number of halogens is 2. The van der Waals surface area contributed by atoms with Crippen molar-refractivity contribution in [2.45, 2.75) is 24.9 Å². The molecule has 1 aromatic heterocycles. The first-order valence-electron chi connectivity index (χ1n) is 9.16. The fraction of sp³-hybridized carbons (Fsp3) is 0.368. The summed E-state index contributed by atoms with van der Waals surface area (Å²) >= 11 is 1.50. The molecule has 0 aliphatic carbocycles. The Labute approximate surface area is 176 Å². The molecule has 4 rings (SSSR count). The number of sulfonamides is 1. The summed E-state index contributed by atoms with van der Waals surface area (Å²) in [6.07, 6.45) is 0.236. The van der Waals surface area contributed by atoms with Gasteiger partial charge in [0.1, 0.15) is 5.75 Å². The third kappa shape index (κ3) is 4.23. The van der Waals surface area contributed by atoms with E-state index >= 15 is 0 Å². The maximum absolute atomic E-state index is 12.9. The Morgan fingerprint density at radius 1 is 1.17 bits per heavy atom. The molecule has 0 spiro atoms. The molecular weight excluding hydrogens is 436 g/mol. The van der Waals surface area contributed by atoms with Crippen molar-refractivity contribution < 1.29 is 26.7 Å². The maximum Gasteiger partial charge on any atom is 0.387 e. The number of benzene rings is 1. The average Bonchev–Trinajstić information content (AvgIpc) is 3.36. The standard InChI is InChI=1S/C19H19F2N3O4S2/c1-12-22-15(11-29-12)6-18(25)23-7-13-9-24(10-14(13)8-23)30(26,27)17-4-2-16(3-5-17)28-19(20)21/h2-5,11,19H,6-10H2,1H3. The van der Waals surface area contributed by atoms with E-state index in [-0.39, 0.29) is 36.1 Å². The van der Waals surface area contributed by atoms with Gasteiger partial charge in [0.25, 0.3) is 0 Å². The van der Waals surface area contributed by atoms with Crippen molar-refractivity contribution in [3.63, 3.8) is 0 Å². The van der Waals surface area contributed by atoms with Gasteiger partial charge in [0, 0.05) is 31.6 Å². The van der Waals surface area contributed by atoms with E-state index in [1.54, 1.807) is 4.90 Å². The minimum atomic E-state index is -3.77. The maximum atomic E-state index is 12.9. The van der Waals surface area contributed by atoms with E-state index in [4.69, 9.17) is 0 Å². The average molecular weight is 456 g/mol. The number of hydrogen-bond acceptors (Lipinski definition) is 6. The van der Waals surface area contributed by atoms with Crippen LogP contribution in [-0.4, -0.2) is 61.3 Å². The normalized spacial score (nSPS) is 17.1. The second kappa shape index (κ2) is 8.05. The smallest absolute Gasteiger partial charge is 0.387 e. The first kappa shape index (κ1) is 20.9. The van der Waals surface area contributed by atoms with Gasteiger partial charge >= 0.3 is 6.61 Å². The zero-order valence-corrected chi connectivity index (χ0v) is 17.7. The number of carbonyl (C=O) groups excluding carboxylic acids is 1. The zero-order chi connectivity index (χ0) is 21.5. The molecule has 2 aromatic rings. The van der Waals surface area contributed by atoms with Crippen molar-refractivity contribution in [1.82, 2.24) is 14.2 Å². The predicted molar refractivity (Wildman–Crippen MR) is 106 cm³/mol. The molecule has 0 saturated carbocycles. The van der Waals surface area contributed by atoms with Crippen molar-refractivity contribution >= 4 is 27.3 Å². The molecule has 1 amide bonds.